The highest BCUT2D eigenvalue weighted by atomic mass is 79.9. The lowest BCUT2D eigenvalue weighted by atomic mass is 10.1. The van der Waals surface area contributed by atoms with Crippen LogP contribution in [0.2, 0.25) is 0 Å². The molecule has 18 heavy (non-hydrogen) atoms. The third-order valence-electron chi connectivity index (χ3n) is 3.59. The molecule has 1 aliphatic rings. The van der Waals surface area contributed by atoms with Gasteiger partial charge in [0.1, 0.15) is 0 Å². The van der Waals surface area contributed by atoms with Crippen LogP contribution in [0.15, 0.2) is 28.7 Å². The number of carbonyl (C=O) groups excluding carboxylic acids is 1. The van der Waals surface area contributed by atoms with Crippen LogP contribution in [-0.2, 0) is 0 Å². The van der Waals surface area contributed by atoms with Gasteiger partial charge >= 0.3 is 0 Å². The van der Waals surface area contributed by atoms with Crippen LogP contribution in [0.1, 0.15) is 17.3 Å². The van der Waals surface area contributed by atoms with Crippen LogP contribution < -0.4 is 0 Å². The van der Waals surface area contributed by atoms with E-state index in [-0.39, 0.29) is 5.78 Å². The molecule has 2 rings (SSSR count). The highest BCUT2D eigenvalue weighted by Crippen LogP contribution is 2.17. The summed E-state index contributed by atoms with van der Waals surface area (Å²) in [4.78, 5) is 16.8. The zero-order valence-corrected chi connectivity index (χ0v) is 12.5. The zero-order chi connectivity index (χ0) is 13.1. The third-order valence-corrected chi connectivity index (χ3v) is 4.28. The Bertz CT molecular complexity index is 436. The molecule has 0 aromatic heterocycles. The Morgan fingerprint density at radius 1 is 1.39 bits per heavy atom. The minimum Gasteiger partial charge on any atom is -0.301 e. The summed E-state index contributed by atoms with van der Waals surface area (Å²) in [5.74, 6) is 0.194. The second kappa shape index (κ2) is 5.95. The average Bonchev–Trinajstić information content (AvgIpc) is 2.34. The molecule has 1 heterocycles. The summed E-state index contributed by atoms with van der Waals surface area (Å²) in [6.45, 7) is 5.68. The molecule has 1 fully saturated rings. The van der Waals surface area contributed by atoms with Gasteiger partial charge in [0, 0.05) is 35.7 Å². The van der Waals surface area contributed by atoms with Crippen molar-refractivity contribution >= 4 is 21.7 Å². The molecular weight excluding hydrogens is 292 g/mol. The quantitative estimate of drug-likeness (QED) is 0.800. The monoisotopic (exact) mass is 310 g/mol. The molecule has 0 saturated carbocycles. The van der Waals surface area contributed by atoms with Gasteiger partial charge in [0.15, 0.2) is 5.78 Å². The molecule has 1 unspecified atom stereocenters. The SMILES string of the molecule is CC1CN(CC(=O)c2ccccc2Br)CCN1C. The molecule has 0 radical (unpaired) electrons. The fourth-order valence-corrected chi connectivity index (χ4v) is 2.75. The number of rotatable bonds is 3. The van der Waals surface area contributed by atoms with E-state index in [0.29, 0.717) is 12.6 Å². The zero-order valence-electron chi connectivity index (χ0n) is 10.9. The molecular formula is C14H19BrN2O. The van der Waals surface area contributed by atoms with Crippen molar-refractivity contribution in [2.24, 2.45) is 0 Å². The maximum absolute atomic E-state index is 12.2. The van der Waals surface area contributed by atoms with Crippen molar-refractivity contribution in [2.75, 3.05) is 33.2 Å². The molecule has 4 heteroatoms. The molecule has 0 bridgehead atoms. The van der Waals surface area contributed by atoms with Crippen LogP contribution in [-0.4, -0.2) is 54.9 Å². The van der Waals surface area contributed by atoms with Crippen LogP contribution in [0.25, 0.3) is 0 Å². The second-order valence-corrected chi connectivity index (χ2v) is 5.82. The van der Waals surface area contributed by atoms with Gasteiger partial charge < -0.3 is 4.90 Å². The Balaban J connectivity index is 1.98. The van der Waals surface area contributed by atoms with Crippen molar-refractivity contribution < 1.29 is 4.79 Å². The topological polar surface area (TPSA) is 23.6 Å². The van der Waals surface area contributed by atoms with Gasteiger partial charge in [-0.05, 0) is 20.0 Å². The van der Waals surface area contributed by atoms with E-state index in [9.17, 15) is 4.79 Å². The summed E-state index contributed by atoms with van der Waals surface area (Å²) < 4.78 is 0.886. The summed E-state index contributed by atoms with van der Waals surface area (Å²) in [7, 11) is 2.14. The predicted octanol–water partition coefficient (Wildman–Crippen LogP) is 2.27. The number of piperazine rings is 1. The number of Topliss-reactive ketones (excluding diaryl/α,β-unsaturated/α-hetero) is 1. The Morgan fingerprint density at radius 2 is 2.11 bits per heavy atom. The largest absolute Gasteiger partial charge is 0.301 e. The van der Waals surface area contributed by atoms with Gasteiger partial charge in [0.05, 0.1) is 6.54 Å². The molecule has 1 aromatic rings. The van der Waals surface area contributed by atoms with Crippen LogP contribution in [0.4, 0.5) is 0 Å². The van der Waals surface area contributed by atoms with Crippen molar-refractivity contribution in [2.45, 2.75) is 13.0 Å². The molecule has 0 spiro atoms. The first kappa shape index (κ1) is 13.7. The van der Waals surface area contributed by atoms with E-state index < -0.39 is 0 Å². The van der Waals surface area contributed by atoms with Gasteiger partial charge in [-0.1, -0.05) is 34.1 Å². The van der Waals surface area contributed by atoms with E-state index >= 15 is 0 Å². The van der Waals surface area contributed by atoms with Crippen LogP contribution in [0, 0.1) is 0 Å². The van der Waals surface area contributed by atoms with E-state index in [1.54, 1.807) is 0 Å². The van der Waals surface area contributed by atoms with Crippen molar-refractivity contribution in [1.82, 2.24) is 9.80 Å². The van der Waals surface area contributed by atoms with Gasteiger partial charge in [-0.2, -0.15) is 0 Å². The summed E-state index contributed by atoms with van der Waals surface area (Å²) in [5.41, 5.74) is 0.782. The maximum atomic E-state index is 12.2. The lowest BCUT2D eigenvalue weighted by Gasteiger charge is -2.37. The molecule has 1 aromatic carbocycles. The molecule has 0 aliphatic carbocycles. The van der Waals surface area contributed by atoms with Crippen molar-refractivity contribution in [1.29, 1.82) is 0 Å². The minimum atomic E-state index is 0.194. The maximum Gasteiger partial charge on any atom is 0.177 e. The first-order chi connectivity index (χ1) is 8.58. The molecule has 0 amide bonds. The van der Waals surface area contributed by atoms with E-state index in [1.807, 2.05) is 24.3 Å². The van der Waals surface area contributed by atoms with E-state index in [4.69, 9.17) is 0 Å². The lowest BCUT2D eigenvalue weighted by Crippen LogP contribution is -2.51. The standard InChI is InChI=1S/C14H19BrN2O/c1-11-9-17(8-7-16(11)2)10-14(18)12-5-3-4-6-13(12)15/h3-6,11H,7-10H2,1-2H3. The number of benzene rings is 1. The molecule has 1 atom stereocenters. The first-order valence-electron chi connectivity index (χ1n) is 6.28. The Hall–Kier alpha value is -0.710. The van der Waals surface area contributed by atoms with E-state index in [0.717, 1.165) is 29.7 Å². The van der Waals surface area contributed by atoms with Gasteiger partial charge in [-0.3, -0.25) is 9.69 Å². The van der Waals surface area contributed by atoms with Gasteiger partial charge in [0.25, 0.3) is 0 Å². The number of ketones is 1. The lowest BCUT2D eigenvalue weighted by molar-refractivity contribution is 0.0785. The number of halogens is 1. The smallest absolute Gasteiger partial charge is 0.177 e. The molecule has 98 valence electrons. The van der Waals surface area contributed by atoms with Crippen LogP contribution in [0.5, 0.6) is 0 Å². The van der Waals surface area contributed by atoms with E-state index in [2.05, 4.69) is 39.7 Å². The van der Waals surface area contributed by atoms with Gasteiger partial charge in [0.2, 0.25) is 0 Å². The van der Waals surface area contributed by atoms with Crippen molar-refractivity contribution in [3.05, 3.63) is 34.3 Å². The van der Waals surface area contributed by atoms with E-state index in [1.165, 1.54) is 0 Å². The third kappa shape index (κ3) is 3.19. The van der Waals surface area contributed by atoms with Crippen molar-refractivity contribution in [3.63, 3.8) is 0 Å². The normalized spacial score (nSPS) is 22.1. The first-order valence-corrected chi connectivity index (χ1v) is 7.07. The number of carbonyl (C=O) groups is 1. The highest BCUT2D eigenvalue weighted by Gasteiger charge is 2.22. The fourth-order valence-electron chi connectivity index (χ4n) is 2.24. The molecule has 1 saturated heterocycles. The highest BCUT2D eigenvalue weighted by molar-refractivity contribution is 9.10. The summed E-state index contributed by atoms with van der Waals surface area (Å²) in [6, 6.07) is 8.15. The molecule has 3 nitrogen and oxygen atoms in total. The average molecular weight is 311 g/mol. The second-order valence-electron chi connectivity index (χ2n) is 4.97. The Kier molecular flexibility index (Phi) is 4.54. The summed E-state index contributed by atoms with van der Waals surface area (Å²) in [6.07, 6.45) is 0. The molecule has 1 aliphatic heterocycles. The summed E-state index contributed by atoms with van der Waals surface area (Å²) in [5, 5.41) is 0. The minimum absolute atomic E-state index is 0.194. The van der Waals surface area contributed by atoms with Gasteiger partial charge in [-0.25, -0.2) is 0 Å². The van der Waals surface area contributed by atoms with Crippen molar-refractivity contribution in [3.8, 4) is 0 Å². The molecule has 0 N–H and O–H groups in total. The van der Waals surface area contributed by atoms with Crippen LogP contribution in [0.3, 0.4) is 0 Å². The number of hydrogen-bond acceptors (Lipinski definition) is 3. The fraction of sp³-hybridized carbons (Fsp3) is 0.500. The van der Waals surface area contributed by atoms with Crippen LogP contribution >= 0.6 is 15.9 Å². The Labute approximate surface area is 117 Å². The number of hydrogen-bond donors (Lipinski definition) is 0. The predicted molar refractivity (Wildman–Crippen MR) is 77.0 cm³/mol. The summed E-state index contributed by atoms with van der Waals surface area (Å²) >= 11 is 3.44. The number of nitrogens with zero attached hydrogens (tertiary/aromatic N) is 2. The Morgan fingerprint density at radius 3 is 2.78 bits per heavy atom. The number of likely N-dealkylation sites (N-methyl/N-ethyl adjacent to an activating group) is 1. The van der Waals surface area contributed by atoms with Gasteiger partial charge in [-0.15, -0.1) is 0 Å².